The zero-order valence-electron chi connectivity index (χ0n) is 18.0. The summed E-state index contributed by atoms with van der Waals surface area (Å²) in [7, 11) is -2.37. The van der Waals surface area contributed by atoms with Crippen molar-refractivity contribution in [2.24, 2.45) is 0 Å². The van der Waals surface area contributed by atoms with Gasteiger partial charge in [0.2, 0.25) is 0 Å². The lowest BCUT2D eigenvalue weighted by Crippen LogP contribution is -2.17. The van der Waals surface area contributed by atoms with Crippen molar-refractivity contribution >= 4 is 27.3 Å². The van der Waals surface area contributed by atoms with E-state index >= 15 is 0 Å². The molecule has 0 radical (unpaired) electrons. The molecule has 0 bridgehead atoms. The van der Waals surface area contributed by atoms with E-state index in [4.69, 9.17) is 4.74 Å². The maximum Gasteiger partial charge on any atom is 0.262 e. The largest absolute Gasteiger partial charge is 0.497 e. The summed E-state index contributed by atoms with van der Waals surface area (Å²) in [5, 5.41) is 9.60. The van der Waals surface area contributed by atoms with Crippen molar-refractivity contribution in [1.82, 2.24) is 10.2 Å². The van der Waals surface area contributed by atoms with Gasteiger partial charge in [-0.2, -0.15) is 5.10 Å². The van der Waals surface area contributed by atoms with Gasteiger partial charge in [0.1, 0.15) is 5.75 Å². The maximum absolute atomic E-state index is 13.0. The zero-order chi connectivity index (χ0) is 23.4. The number of sulfonamides is 1. The fourth-order valence-corrected chi connectivity index (χ4v) is 4.58. The summed E-state index contributed by atoms with van der Waals surface area (Å²) < 4.78 is 33.6. The van der Waals surface area contributed by atoms with E-state index in [0.29, 0.717) is 22.7 Å². The number of aryl methyl sites for hydroxylation is 1. The van der Waals surface area contributed by atoms with E-state index in [1.807, 2.05) is 18.2 Å². The predicted molar refractivity (Wildman–Crippen MR) is 127 cm³/mol. The van der Waals surface area contributed by atoms with Crippen LogP contribution < -0.4 is 14.8 Å². The van der Waals surface area contributed by atoms with Crippen LogP contribution in [0.3, 0.4) is 0 Å². The van der Waals surface area contributed by atoms with E-state index in [9.17, 15) is 13.2 Å². The second-order valence-electron chi connectivity index (χ2n) is 7.32. The van der Waals surface area contributed by atoms with Crippen molar-refractivity contribution in [1.29, 1.82) is 0 Å². The molecular formula is C24H22N4O4S. The second-order valence-corrected chi connectivity index (χ2v) is 8.97. The minimum absolute atomic E-state index is 0.0283. The zero-order valence-corrected chi connectivity index (χ0v) is 18.8. The summed E-state index contributed by atoms with van der Waals surface area (Å²) in [6, 6.07) is 20.2. The number of aromatic amines is 1. The van der Waals surface area contributed by atoms with Crippen LogP contribution in [0.25, 0.3) is 11.3 Å². The van der Waals surface area contributed by atoms with E-state index < -0.39 is 15.9 Å². The van der Waals surface area contributed by atoms with Crippen molar-refractivity contribution in [3.8, 4) is 17.0 Å². The van der Waals surface area contributed by atoms with Crippen LogP contribution in [0, 0.1) is 6.92 Å². The molecule has 4 aromatic rings. The standard InChI is InChI=1S/C24H22N4O4S/c1-16-3-4-18(15-23(16)33(30,31)28-20-9-11-21(32-2)12-10-20)24(29)26-19-7-5-17(6-8-19)22-13-14-25-27-22/h3-15,28H,1-2H3,(H,25,27)(H,26,29). The fraction of sp³-hybridized carbons (Fsp3) is 0.0833. The number of ether oxygens (including phenoxy) is 1. The van der Waals surface area contributed by atoms with Gasteiger partial charge in [-0.25, -0.2) is 8.42 Å². The molecule has 3 N–H and O–H groups in total. The lowest BCUT2D eigenvalue weighted by molar-refractivity contribution is 0.102. The molecule has 0 unspecified atom stereocenters. The molecule has 0 saturated carbocycles. The number of benzene rings is 3. The van der Waals surface area contributed by atoms with Crippen LogP contribution in [0.2, 0.25) is 0 Å². The van der Waals surface area contributed by atoms with Crippen LogP contribution in [-0.4, -0.2) is 31.6 Å². The van der Waals surface area contributed by atoms with Gasteiger partial charge < -0.3 is 10.1 Å². The van der Waals surface area contributed by atoms with Crippen molar-refractivity contribution in [3.63, 3.8) is 0 Å². The highest BCUT2D eigenvalue weighted by atomic mass is 32.2. The van der Waals surface area contributed by atoms with Gasteiger partial charge >= 0.3 is 0 Å². The highest BCUT2D eigenvalue weighted by Crippen LogP contribution is 2.24. The SMILES string of the molecule is COc1ccc(NS(=O)(=O)c2cc(C(=O)Nc3ccc(-c4ccn[nH]4)cc3)ccc2C)cc1. The third kappa shape index (κ3) is 5.04. The summed E-state index contributed by atoms with van der Waals surface area (Å²) in [5.74, 6) is 0.204. The molecule has 0 fully saturated rings. The van der Waals surface area contributed by atoms with Crippen molar-refractivity contribution in [3.05, 3.63) is 90.1 Å². The monoisotopic (exact) mass is 462 g/mol. The summed E-state index contributed by atoms with van der Waals surface area (Å²) in [4.78, 5) is 12.8. The third-order valence-corrected chi connectivity index (χ3v) is 6.56. The van der Waals surface area contributed by atoms with Crippen LogP contribution in [-0.2, 0) is 10.0 Å². The van der Waals surface area contributed by atoms with Crippen LogP contribution in [0.15, 0.2) is 83.9 Å². The minimum Gasteiger partial charge on any atom is -0.497 e. The fourth-order valence-electron chi connectivity index (χ4n) is 3.25. The Balaban J connectivity index is 1.52. The molecule has 0 aliphatic rings. The molecule has 1 heterocycles. The molecule has 0 aliphatic carbocycles. The van der Waals surface area contributed by atoms with E-state index in [0.717, 1.165) is 11.3 Å². The Hall–Kier alpha value is -4.11. The van der Waals surface area contributed by atoms with Crippen molar-refractivity contribution < 1.29 is 17.9 Å². The van der Waals surface area contributed by atoms with Gasteiger partial charge in [-0.3, -0.25) is 14.6 Å². The van der Waals surface area contributed by atoms with E-state index in [-0.39, 0.29) is 10.5 Å². The minimum atomic E-state index is -3.90. The molecule has 0 aliphatic heterocycles. The molecule has 1 aromatic heterocycles. The van der Waals surface area contributed by atoms with Crippen LogP contribution in [0.1, 0.15) is 15.9 Å². The number of amides is 1. The van der Waals surface area contributed by atoms with Gasteiger partial charge in [0.05, 0.1) is 17.7 Å². The normalized spacial score (nSPS) is 11.1. The number of aromatic nitrogens is 2. The molecular weight excluding hydrogens is 440 g/mol. The number of carbonyl (C=O) groups excluding carboxylic acids is 1. The Morgan fingerprint density at radius 3 is 2.27 bits per heavy atom. The quantitative estimate of drug-likeness (QED) is 0.376. The van der Waals surface area contributed by atoms with Gasteiger partial charge in [0.15, 0.2) is 0 Å². The number of H-pyrrole nitrogens is 1. The molecule has 3 aromatic carbocycles. The van der Waals surface area contributed by atoms with Crippen LogP contribution >= 0.6 is 0 Å². The number of rotatable bonds is 7. The Bertz CT molecular complexity index is 1370. The Morgan fingerprint density at radius 1 is 0.939 bits per heavy atom. The van der Waals surface area contributed by atoms with Crippen LogP contribution in [0.4, 0.5) is 11.4 Å². The Kier molecular flexibility index (Phi) is 6.14. The van der Waals surface area contributed by atoms with Gasteiger partial charge in [-0.1, -0.05) is 18.2 Å². The molecule has 0 atom stereocenters. The number of methoxy groups -OCH3 is 1. The van der Waals surface area contributed by atoms with Crippen molar-refractivity contribution in [2.75, 3.05) is 17.1 Å². The first-order chi connectivity index (χ1) is 15.9. The second kappa shape index (κ2) is 9.17. The highest BCUT2D eigenvalue weighted by molar-refractivity contribution is 7.92. The summed E-state index contributed by atoms with van der Waals surface area (Å²) in [5.41, 5.74) is 3.53. The number of hydrogen-bond acceptors (Lipinski definition) is 5. The number of nitrogens with zero attached hydrogens (tertiary/aromatic N) is 1. The summed E-state index contributed by atoms with van der Waals surface area (Å²) in [6.45, 7) is 1.68. The first kappa shape index (κ1) is 22.1. The highest BCUT2D eigenvalue weighted by Gasteiger charge is 2.19. The maximum atomic E-state index is 13.0. The average Bonchev–Trinajstić information content (AvgIpc) is 3.35. The molecule has 0 spiro atoms. The molecule has 168 valence electrons. The first-order valence-corrected chi connectivity index (χ1v) is 11.5. The van der Waals surface area contributed by atoms with Gasteiger partial charge in [0.25, 0.3) is 15.9 Å². The predicted octanol–water partition coefficient (Wildman–Crippen LogP) is 4.45. The average molecular weight is 463 g/mol. The molecule has 1 amide bonds. The van der Waals surface area contributed by atoms with E-state index in [1.54, 1.807) is 61.7 Å². The van der Waals surface area contributed by atoms with Gasteiger partial charge in [-0.05, 0) is 72.6 Å². The molecule has 9 heteroatoms. The summed E-state index contributed by atoms with van der Waals surface area (Å²) >= 11 is 0. The third-order valence-electron chi connectivity index (χ3n) is 5.04. The van der Waals surface area contributed by atoms with Crippen molar-refractivity contribution in [2.45, 2.75) is 11.8 Å². The van der Waals surface area contributed by atoms with E-state index in [2.05, 4.69) is 20.2 Å². The lowest BCUT2D eigenvalue weighted by Gasteiger charge is -2.13. The molecule has 0 saturated heterocycles. The number of carbonyl (C=O) groups is 1. The Labute approximate surface area is 191 Å². The topological polar surface area (TPSA) is 113 Å². The summed E-state index contributed by atoms with van der Waals surface area (Å²) in [6.07, 6.45) is 1.66. The molecule has 8 nitrogen and oxygen atoms in total. The number of nitrogens with one attached hydrogen (secondary N) is 3. The van der Waals surface area contributed by atoms with E-state index in [1.165, 1.54) is 13.2 Å². The van der Waals surface area contributed by atoms with Gasteiger partial charge in [-0.15, -0.1) is 0 Å². The van der Waals surface area contributed by atoms with Crippen LogP contribution in [0.5, 0.6) is 5.75 Å². The Morgan fingerprint density at radius 2 is 1.64 bits per heavy atom. The van der Waals surface area contributed by atoms with Gasteiger partial charge in [0, 0.05) is 23.1 Å². The lowest BCUT2D eigenvalue weighted by atomic mass is 10.1. The molecule has 4 rings (SSSR count). The first-order valence-electron chi connectivity index (χ1n) is 10.0. The smallest absolute Gasteiger partial charge is 0.262 e. The number of anilines is 2. The molecule has 33 heavy (non-hydrogen) atoms. The number of hydrogen-bond donors (Lipinski definition) is 3.